The Morgan fingerprint density at radius 1 is 1.23 bits per heavy atom. The lowest BCUT2D eigenvalue weighted by atomic mass is 10.0. The van der Waals surface area contributed by atoms with E-state index in [2.05, 4.69) is 10.0 Å². The lowest BCUT2D eigenvalue weighted by molar-refractivity contribution is -0.384. The Labute approximate surface area is 155 Å². The van der Waals surface area contributed by atoms with E-state index < -0.39 is 14.9 Å². The number of nitro benzene ring substituents is 1. The quantitative estimate of drug-likeness (QED) is 0.474. The Hall–Kier alpha value is -1.71. The van der Waals surface area contributed by atoms with Crippen molar-refractivity contribution >= 4 is 21.4 Å². The molecule has 1 saturated carbocycles. The maximum atomic E-state index is 12.3. The van der Waals surface area contributed by atoms with Gasteiger partial charge in [-0.3, -0.25) is 10.1 Å². The van der Waals surface area contributed by atoms with E-state index in [1.165, 1.54) is 37.8 Å². The molecule has 0 spiro atoms. The number of anilines is 1. The highest BCUT2D eigenvalue weighted by Gasteiger charge is 2.21. The van der Waals surface area contributed by atoms with Crippen LogP contribution in [0.2, 0.25) is 0 Å². The van der Waals surface area contributed by atoms with Crippen LogP contribution in [0.15, 0.2) is 23.1 Å². The van der Waals surface area contributed by atoms with E-state index >= 15 is 0 Å². The number of nitrogens with one attached hydrogen (secondary N) is 2. The molecule has 0 heterocycles. The van der Waals surface area contributed by atoms with Crippen LogP contribution in [0.25, 0.3) is 0 Å². The van der Waals surface area contributed by atoms with Crippen molar-refractivity contribution in [2.24, 2.45) is 5.92 Å². The van der Waals surface area contributed by atoms with E-state index in [0.29, 0.717) is 24.7 Å². The van der Waals surface area contributed by atoms with Gasteiger partial charge in [-0.1, -0.05) is 25.7 Å². The van der Waals surface area contributed by atoms with Crippen LogP contribution in [-0.4, -0.2) is 52.0 Å². The highest BCUT2D eigenvalue weighted by molar-refractivity contribution is 7.89. The molecule has 9 heteroatoms. The summed E-state index contributed by atoms with van der Waals surface area (Å²) in [5, 5.41) is 14.5. The fraction of sp³-hybridized carbons (Fsp3) is 0.647. The summed E-state index contributed by atoms with van der Waals surface area (Å²) < 4.78 is 27.1. The van der Waals surface area contributed by atoms with E-state index in [0.717, 1.165) is 12.5 Å². The number of rotatable bonds is 10. The first kappa shape index (κ1) is 20.6. The minimum Gasteiger partial charge on any atom is -0.379 e. The Bertz CT molecular complexity index is 715. The van der Waals surface area contributed by atoms with Gasteiger partial charge in [0.25, 0.3) is 5.69 Å². The van der Waals surface area contributed by atoms with Crippen LogP contribution in [0.4, 0.5) is 11.4 Å². The van der Waals surface area contributed by atoms with Crippen LogP contribution >= 0.6 is 0 Å². The third kappa shape index (κ3) is 5.93. The molecule has 1 aliphatic rings. The summed E-state index contributed by atoms with van der Waals surface area (Å²) in [6.45, 7) is 1.44. The van der Waals surface area contributed by atoms with Gasteiger partial charge >= 0.3 is 0 Å². The second-order valence-corrected chi connectivity index (χ2v) is 8.77. The van der Waals surface area contributed by atoms with Crippen molar-refractivity contribution in [2.45, 2.75) is 37.0 Å². The summed E-state index contributed by atoms with van der Waals surface area (Å²) in [7, 11) is -0.0943. The fourth-order valence-electron chi connectivity index (χ4n) is 3.18. The van der Waals surface area contributed by atoms with E-state index in [4.69, 9.17) is 0 Å². The number of benzene rings is 1. The smallest absolute Gasteiger partial charge is 0.293 e. The second-order valence-electron chi connectivity index (χ2n) is 7.00. The van der Waals surface area contributed by atoms with Gasteiger partial charge in [-0.2, -0.15) is 0 Å². The van der Waals surface area contributed by atoms with E-state index in [-0.39, 0.29) is 17.1 Å². The van der Waals surface area contributed by atoms with Crippen molar-refractivity contribution in [3.05, 3.63) is 28.3 Å². The second kappa shape index (κ2) is 9.29. The minimum atomic E-state index is -3.77. The largest absolute Gasteiger partial charge is 0.379 e. The zero-order valence-electron chi connectivity index (χ0n) is 15.4. The molecule has 26 heavy (non-hydrogen) atoms. The highest BCUT2D eigenvalue weighted by Crippen LogP contribution is 2.30. The number of nitro groups is 1. The van der Waals surface area contributed by atoms with Gasteiger partial charge in [0.2, 0.25) is 10.0 Å². The third-order valence-corrected chi connectivity index (χ3v) is 6.13. The fourth-order valence-corrected chi connectivity index (χ4v) is 4.22. The number of sulfonamides is 1. The van der Waals surface area contributed by atoms with Crippen LogP contribution < -0.4 is 10.0 Å². The Morgan fingerprint density at radius 3 is 2.54 bits per heavy atom. The predicted octanol–water partition coefficient (Wildman–Crippen LogP) is 2.43. The molecule has 0 unspecified atom stereocenters. The summed E-state index contributed by atoms with van der Waals surface area (Å²) in [6, 6.07) is 4.01. The molecule has 0 saturated heterocycles. The zero-order valence-corrected chi connectivity index (χ0v) is 16.2. The summed E-state index contributed by atoms with van der Waals surface area (Å²) in [6.07, 6.45) is 5.94. The molecule has 0 bridgehead atoms. The number of likely N-dealkylation sites (N-methyl/N-ethyl adjacent to an activating group) is 1. The van der Waals surface area contributed by atoms with Crippen molar-refractivity contribution < 1.29 is 13.3 Å². The standard InChI is InChI=1S/C17H28N4O4S/c1-20(2)12-11-19-26(24,25)15-7-8-16(17(13-15)21(22)23)18-10-9-14-5-3-4-6-14/h7-8,13-14,18-19H,3-6,9-12H2,1-2H3. The summed E-state index contributed by atoms with van der Waals surface area (Å²) in [4.78, 5) is 12.6. The molecule has 1 aromatic rings. The number of nitrogens with zero attached hydrogens (tertiary/aromatic N) is 2. The van der Waals surface area contributed by atoms with Crippen molar-refractivity contribution in [3.63, 3.8) is 0 Å². The molecule has 0 atom stereocenters. The number of hydrogen-bond acceptors (Lipinski definition) is 6. The molecule has 2 rings (SSSR count). The van der Waals surface area contributed by atoms with Crippen LogP contribution in [0, 0.1) is 16.0 Å². The van der Waals surface area contributed by atoms with E-state index in [1.54, 1.807) is 0 Å². The summed E-state index contributed by atoms with van der Waals surface area (Å²) >= 11 is 0. The molecule has 0 aromatic heterocycles. The van der Waals surface area contributed by atoms with Gasteiger partial charge in [-0.25, -0.2) is 13.1 Å². The maximum Gasteiger partial charge on any atom is 0.293 e. The van der Waals surface area contributed by atoms with Crippen molar-refractivity contribution in [1.29, 1.82) is 0 Å². The molecule has 146 valence electrons. The first-order chi connectivity index (χ1) is 12.3. The summed E-state index contributed by atoms with van der Waals surface area (Å²) in [5.41, 5.74) is 0.146. The molecule has 0 radical (unpaired) electrons. The number of hydrogen-bond donors (Lipinski definition) is 2. The van der Waals surface area contributed by atoms with Gasteiger partial charge in [0.15, 0.2) is 0 Å². The molecule has 1 aromatic carbocycles. The molecule has 1 aliphatic carbocycles. The average Bonchev–Trinajstić information content (AvgIpc) is 3.07. The van der Waals surface area contributed by atoms with E-state index in [1.807, 2.05) is 19.0 Å². The molecule has 0 amide bonds. The normalized spacial score (nSPS) is 15.5. The topological polar surface area (TPSA) is 105 Å². The Kier molecular flexibility index (Phi) is 7.36. The van der Waals surface area contributed by atoms with Gasteiger partial charge in [0.05, 0.1) is 9.82 Å². The highest BCUT2D eigenvalue weighted by atomic mass is 32.2. The summed E-state index contributed by atoms with van der Waals surface area (Å²) in [5.74, 6) is 0.683. The van der Waals surface area contributed by atoms with Gasteiger partial charge in [-0.05, 0) is 38.6 Å². The van der Waals surface area contributed by atoms with E-state index in [9.17, 15) is 18.5 Å². The lowest BCUT2D eigenvalue weighted by Crippen LogP contribution is -2.31. The molecule has 1 fully saturated rings. The monoisotopic (exact) mass is 384 g/mol. The van der Waals surface area contributed by atoms with Crippen LogP contribution in [-0.2, 0) is 10.0 Å². The van der Waals surface area contributed by atoms with Gasteiger partial charge in [-0.15, -0.1) is 0 Å². The van der Waals surface area contributed by atoms with Crippen molar-refractivity contribution in [3.8, 4) is 0 Å². The van der Waals surface area contributed by atoms with Crippen LogP contribution in [0.3, 0.4) is 0 Å². The first-order valence-corrected chi connectivity index (χ1v) is 10.4. The van der Waals surface area contributed by atoms with Gasteiger partial charge in [0.1, 0.15) is 5.69 Å². The zero-order chi connectivity index (χ0) is 19.2. The SMILES string of the molecule is CN(C)CCNS(=O)(=O)c1ccc(NCCC2CCCC2)c([N+](=O)[O-])c1. The molecule has 2 N–H and O–H groups in total. The molecule has 8 nitrogen and oxygen atoms in total. The lowest BCUT2D eigenvalue weighted by Gasteiger charge is -2.13. The van der Waals surface area contributed by atoms with Crippen molar-refractivity contribution in [2.75, 3.05) is 39.0 Å². The predicted molar refractivity (Wildman–Crippen MR) is 102 cm³/mol. The van der Waals surface area contributed by atoms with Crippen LogP contribution in [0.1, 0.15) is 32.1 Å². The first-order valence-electron chi connectivity index (χ1n) is 8.96. The average molecular weight is 385 g/mol. The van der Waals surface area contributed by atoms with Crippen LogP contribution in [0.5, 0.6) is 0 Å². The molecular weight excluding hydrogens is 356 g/mol. The maximum absolute atomic E-state index is 12.3. The molecule has 0 aliphatic heterocycles. The van der Waals surface area contributed by atoms with Gasteiger partial charge < -0.3 is 10.2 Å². The minimum absolute atomic E-state index is 0.0932. The van der Waals surface area contributed by atoms with Crippen molar-refractivity contribution in [1.82, 2.24) is 9.62 Å². The molecular formula is C17H28N4O4S. The Balaban J connectivity index is 2.05. The Morgan fingerprint density at radius 2 is 1.92 bits per heavy atom. The van der Waals surface area contributed by atoms with Gasteiger partial charge in [0, 0.05) is 25.7 Å². The third-order valence-electron chi connectivity index (χ3n) is 4.67.